The molecule has 20 heavy (non-hydrogen) atoms. The fourth-order valence-electron chi connectivity index (χ4n) is 5.06. The van der Waals surface area contributed by atoms with E-state index >= 15 is 0 Å². The molecule has 0 saturated heterocycles. The molecular weight excluding hydrogens is 246 g/mol. The fourth-order valence-corrected chi connectivity index (χ4v) is 5.06. The Morgan fingerprint density at radius 3 is 2.60 bits per heavy atom. The molecule has 0 bridgehead atoms. The molecule has 3 aliphatic carbocycles. The quantitative estimate of drug-likeness (QED) is 0.775. The molecule has 1 N–H and O–H groups in total. The molecule has 2 heteroatoms. The van der Waals surface area contributed by atoms with E-state index in [1.54, 1.807) is 0 Å². The van der Waals surface area contributed by atoms with Gasteiger partial charge in [0, 0.05) is 24.1 Å². The van der Waals surface area contributed by atoms with Crippen LogP contribution in [0.15, 0.2) is 0 Å². The lowest BCUT2D eigenvalue weighted by Crippen LogP contribution is -2.64. The van der Waals surface area contributed by atoms with E-state index in [4.69, 9.17) is 4.74 Å². The second kappa shape index (κ2) is 6.36. The molecule has 4 unspecified atom stereocenters. The maximum absolute atomic E-state index is 6.04. The lowest BCUT2D eigenvalue weighted by atomic mass is 9.60. The summed E-state index contributed by atoms with van der Waals surface area (Å²) in [5.41, 5.74) is 0.508. The van der Waals surface area contributed by atoms with Crippen molar-refractivity contribution in [3.63, 3.8) is 0 Å². The van der Waals surface area contributed by atoms with Gasteiger partial charge in [-0.15, -0.1) is 0 Å². The van der Waals surface area contributed by atoms with Gasteiger partial charge in [-0.2, -0.15) is 0 Å². The maximum atomic E-state index is 6.04. The van der Waals surface area contributed by atoms with Gasteiger partial charge in [-0.25, -0.2) is 0 Å². The summed E-state index contributed by atoms with van der Waals surface area (Å²) in [6, 6.07) is 1.53. The minimum absolute atomic E-state index is 0.508. The third kappa shape index (κ3) is 2.78. The predicted octanol–water partition coefficient (Wildman–Crippen LogP) is 4.28. The van der Waals surface area contributed by atoms with E-state index < -0.39 is 0 Å². The monoisotopic (exact) mass is 279 g/mol. The topological polar surface area (TPSA) is 21.3 Å². The predicted molar refractivity (Wildman–Crippen MR) is 83.9 cm³/mol. The van der Waals surface area contributed by atoms with E-state index in [2.05, 4.69) is 19.2 Å². The van der Waals surface area contributed by atoms with Crippen LogP contribution in [0.3, 0.4) is 0 Å². The highest BCUT2D eigenvalue weighted by molar-refractivity contribution is 5.10. The molecule has 3 rings (SSSR count). The molecule has 3 aliphatic rings. The molecule has 0 amide bonds. The number of nitrogens with one attached hydrogen (secondary N) is 1. The second-order valence-corrected chi connectivity index (χ2v) is 7.65. The Labute approximate surface area is 125 Å². The van der Waals surface area contributed by atoms with Gasteiger partial charge in [0.25, 0.3) is 0 Å². The number of hydrogen-bond acceptors (Lipinski definition) is 2. The SMILES string of the molecule is CCOC1CC(NC2CCCC(C)CC2)C12CCCC2. The largest absolute Gasteiger partial charge is 0.378 e. The van der Waals surface area contributed by atoms with Gasteiger partial charge in [0.1, 0.15) is 0 Å². The Morgan fingerprint density at radius 2 is 1.85 bits per heavy atom. The zero-order chi connectivity index (χ0) is 14.0. The van der Waals surface area contributed by atoms with Crippen molar-refractivity contribution in [3.05, 3.63) is 0 Å². The third-order valence-electron chi connectivity index (χ3n) is 6.38. The molecule has 3 saturated carbocycles. The molecule has 0 radical (unpaired) electrons. The van der Waals surface area contributed by atoms with Crippen LogP contribution in [0.25, 0.3) is 0 Å². The molecule has 3 fully saturated rings. The summed E-state index contributed by atoms with van der Waals surface area (Å²) in [7, 11) is 0. The van der Waals surface area contributed by atoms with Crippen LogP contribution in [0.5, 0.6) is 0 Å². The van der Waals surface area contributed by atoms with Crippen molar-refractivity contribution in [2.45, 2.75) is 96.2 Å². The smallest absolute Gasteiger partial charge is 0.0661 e. The molecule has 0 heterocycles. The standard InChI is InChI=1S/C18H33NO/c1-3-20-17-13-16(18(17)11-4-5-12-18)19-15-8-6-7-14(2)9-10-15/h14-17,19H,3-13H2,1-2H3. The number of rotatable bonds is 4. The van der Waals surface area contributed by atoms with Crippen LogP contribution in [0.1, 0.15) is 78.1 Å². The molecule has 1 spiro atoms. The Balaban J connectivity index is 1.57. The lowest BCUT2D eigenvalue weighted by molar-refractivity contribution is -0.132. The lowest BCUT2D eigenvalue weighted by Gasteiger charge is -2.55. The Morgan fingerprint density at radius 1 is 1.05 bits per heavy atom. The van der Waals surface area contributed by atoms with Crippen LogP contribution < -0.4 is 5.32 Å². The molecule has 0 aliphatic heterocycles. The van der Waals surface area contributed by atoms with Crippen LogP contribution >= 0.6 is 0 Å². The zero-order valence-electron chi connectivity index (χ0n) is 13.5. The maximum Gasteiger partial charge on any atom is 0.0661 e. The molecule has 4 atom stereocenters. The first-order valence-corrected chi connectivity index (χ1v) is 9.12. The van der Waals surface area contributed by atoms with Crippen molar-refractivity contribution in [1.29, 1.82) is 0 Å². The molecule has 0 aromatic carbocycles. The molecular formula is C18H33NO. The van der Waals surface area contributed by atoms with Gasteiger partial charge in [0.2, 0.25) is 0 Å². The van der Waals surface area contributed by atoms with E-state index in [1.807, 2.05) is 0 Å². The van der Waals surface area contributed by atoms with Crippen molar-refractivity contribution >= 4 is 0 Å². The Hall–Kier alpha value is -0.0800. The summed E-state index contributed by atoms with van der Waals surface area (Å²) in [6.07, 6.45) is 14.5. The summed E-state index contributed by atoms with van der Waals surface area (Å²) in [4.78, 5) is 0. The van der Waals surface area contributed by atoms with Crippen LogP contribution in [0, 0.1) is 11.3 Å². The fraction of sp³-hybridized carbons (Fsp3) is 1.00. The van der Waals surface area contributed by atoms with Gasteiger partial charge in [0.15, 0.2) is 0 Å². The van der Waals surface area contributed by atoms with Crippen LogP contribution in [-0.2, 0) is 4.74 Å². The highest BCUT2D eigenvalue weighted by Crippen LogP contribution is 2.55. The van der Waals surface area contributed by atoms with Crippen molar-refractivity contribution in [2.75, 3.05) is 6.61 Å². The van der Waals surface area contributed by atoms with E-state index in [0.717, 1.165) is 24.6 Å². The zero-order valence-corrected chi connectivity index (χ0v) is 13.5. The van der Waals surface area contributed by atoms with Crippen LogP contribution in [0.2, 0.25) is 0 Å². The van der Waals surface area contributed by atoms with Gasteiger partial charge in [-0.1, -0.05) is 32.6 Å². The van der Waals surface area contributed by atoms with Gasteiger partial charge in [-0.05, 0) is 51.4 Å². The average Bonchev–Trinajstić information content (AvgIpc) is 2.87. The number of ether oxygens (including phenoxy) is 1. The third-order valence-corrected chi connectivity index (χ3v) is 6.38. The Bertz CT molecular complexity index is 311. The van der Waals surface area contributed by atoms with Crippen LogP contribution in [-0.4, -0.2) is 24.8 Å². The summed E-state index contributed by atoms with van der Waals surface area (Å²) in [5.74, 6) is 0.944. The van der Waals surface area contributed by atoms with Gasteiger partial charge in [-0.3, -0.25) is 0 Å². The van der Waals surface area contributed by atoms with E-state index in [0.29, 0.717) is 11.5 Å². The summed E-state index contributed by atoms with van der Waals surface area (Å²) in [6.45, 7) is 5.46. The molecule has 0 aromatic rings. The highest BCUT2D eigenvalue weighted by Gasteiger charge is 2.56. The highest BCUT2D eigenvalue weighted by atomic mass is 16.5. The first kappa shape index (κ1) is 14.8. The Kier molecular flexibility index (Phi) is 4.72. The average molecular weight is 279 g/mol. The van der Waals surface area contributed by atoms with Crippen LogP contribution in [0.4, 0.5) is 0 Å². The van der Waals surface area contributed by atoms with Gasteiger partial charge >= 0.3 is 0 Å². The first-order valence-electron chi connectivity index (χ1n) is 9.12. The van der Waals surface area contributed by atoms with Crippen molar-refractivity contribution in [2.24, 2.45) is 11.3 Å². The first-order chi connectivity index (χ1) is 9.74. The van der Waals surface area contributed by atoms with Crippen molar-refractivity contribution < 1.29 is 4.74 Å². The summed E-state index contributed by atoms with van der Waals surface area (Å²) in [5, 5.41) is 4.06. The van der Waals surface area contributed by atoms with Gasteiger partial charge < -0.3 is 10.1 Å². The minimum Gasteiger partial charge on any atom is -0.378 e. The van der Waals surface area contributed by atoms with E-state index in [1.165, 1.54) is 64.2 Å². The van der Waals surface area contributed by atoms with Crippen molar-refractivity contribution in [1.82, 2.24) is 5.32 Å². The van der Waals surface area contributed by atoms with E-state index in [9.17, 15) is 0 Å². The summed E-state index contributed by atoms with van der Waals surface area (Å²) < 4.78 is 6.04. The van der Waals surface area contributed by atoms with Crippen molar-refractivity contribution in [3.8, 4) is 0 Å². The molecule has 116 valence electrons. The minimum atomic E-state index is 0.508. The number of hydrogen-bond donors (Lipinski definition) is 1. The molecule has 2 nitrogen and oxygen atoms in total. The second-order valence-electron chi connectivity index (χ2n) is 7.65. The summed E-state index contributed by atoms with van der Waals surface area (Å²) >= 11 is 0. The molecule has 0 aromatic heterocycles. The van der Waals surface area contributed by atoms with E-state index in [-0.39, 0.29) is 0 Å². The van der Waals surface area contributed by atoms with Gasteiger partial charge in [0.05, 0.1) is 6.10 Å². The normalized spacial score (nSPS) is 40.5.